The molecule has 0 fully saturated rings. The minimum atomic E-state index is -0.982. The average molecular weight is 368 g/mol. The van der Waals surface area contributed by atoms with Crippen molar-refractivity contribution in [2.24, 2.45) is 0 Å². The van der Waals surface area contributed by atoms with Gasteiger partial charge in [-0.3, -0.25) is 9.59 Å². The zero-order valence-electron chi connectivity index (χ0n) is 13.3. The highest BCUT2D eigenvalue weighted by Crippen LogP contribution is 2.20. The molecular formula is C17H15F3N2O2S. The van der Waals surface area contributed by atoms with Gasteiger partial charge in [0.25, 0.3) is 0 Å². The second-order valence-corrected chi connectivity index (χ2v) is 6.22. The van der Waals surface area contributed by atoms with E-state index in [9.17, 15) is 22.8 Å². The smallest absolute Gasteiger partial charge is 0.243 e. The number of benzene rings is 2. The quantitative estimate of drug-likeness (QED) is 0.796. The molecule has 1 N–H and O–H groups in total. The Morgan fingerprint density at radius 2 is 1.72 bits per heavy atom. The van der Waals surface area contributed by atoms with E-state index in [0.29, 0.717) is 10.6 Å². The Morgan fingerprint density at radius 1 is 1.04 bits per heavy atom. The molecule has 0 heterocycles. The molecule has 25 heavy (non-hydrogen) atoms. The summed E-state index contributed by atoms with van der Waals surface area (Å²) in [6, 6.07) is 8.61. The zero-order valence-corrected chi connectivity index (χ0v) is 14.1. The van der Waals surface area contributed by atoms with Gasteiger partial charge >= 0.3 is 0 Å². The van der Waals surface area contributed by atoms with Crippen molar-refractivity contribution in [1.82, 2.24) is 4.90 Å². The summed E-state index contributed by atoms with van der Waals surface area (Å²) in [7, 11) is 1.46. The van der Waals surface area contributed by atoms with Crippen molar-refractivity contribution in [3.8, 4) is 0 Å². The van der Waals surface area contributed by atoms with E-state index >= 15 is 0 Å². The van der Waals surface area contributed by atoms with Gasteiger partial charge < -0.3 is 10.2 Å². The first-order chi connectivity index (χ1) is 11.8. The monoisotopic (exact) mass is 368 g/mol. The van der Waals surface area contributed by atoms with Crippen molar-refractivity contribution in [3.63, 3.8) is 0 Å². The molecule has 4 nitrogen and oxygen atoms in total. The maximum Gasteiger partial charge on any atom is 0.243 e. The van der Waals surface area contributed by atoms with Crippen molar-refractivity contribution < 1.29 is 22.8 Å². The Hall–Kier alpha value is -2.48. The lowest BCUT2D eigenvalue weighted by atomic mass is 10.3. The highest BCUT2D eigenvalue weighted by atomic mass is 32.2. The number of nitrogens with one attached hydrogen (secondary N) is 1. The third-order valence-electron chi connectivity index (χ3n) is 3.19. The Bertz CT molecular complexity index is 769. The predicted octanol–water partition coefficient (Wildman–Crippen LogP) is 3.29. The molecule has 0 aliphatic rings. The maximum absolute atomic E-state index is 13.1. The summed E-state index contributed by atoms with van der Waals surface area (Å²) in [5.74, 6) is -3.15. The Kier molecular flexibility index (Phi) is 6.46. The minimum absolute atomic E-state index is 0.0224. The van der Waals surface area contributed by atoms with Crippen molar-refractivity contribution in [2.45, 2.75) is 4.90 Å². The van der Waals surface area contributed by atoms with Crippen LogP contribution >= 0.6 is 11.8 Å². The number of nitrogens with zero attached hydrogens (tertiary/aromatic N) is 1. The maximum atomic E-state index is 13.1. The third-order valence-corrected chi connectivity index (χ3v) is 4.17. The Labute approximate surface area is 147 Å². The number of rotatable bonds is 6. The van der Waals surface area contributed by atoms with E-state index in [1.54, 1.807) is 0 Å². The first-order valence-corrected chi connectivity index (χ1v) is 8.21. The summed E-state index contributed by atoms with van der Waals surface area (Å²) in [6.07, 6.45) is 0. The molecule has 2 rings (SSSR count). The first kappa shape index (κ1) is 18.9. The van der Waals surface area contributed by atoms with Gasteiger partial charge in [0.2, 0.25) is 11.8 Å². The van der Waals surface area contributed by atoms with Gasteiger partial charge in [-0.2, -0.15) is 0 Å². The van der Waals surface area contributed by atoms with E-state index in [4.69, 9.17) is 0 Å². The Morgan fingerprint density at radius 3 is 2.36 bits per heavy atom. The van der Waals surface area contributed by atoms with Crippen LogP contribution in [-0.4, -0.2) is 36.1 Å². The van der Waals surface area contributed by atoms with Crippen LogP contribution in [0, 0.1) is 17.5 Å². The van der Waals surface area contributed by atoms with E-state index in [-0.39, 0.29) is 18.2 Å². The molecule has 0 saturated carbocycles. The van der Waals surface area contributed by atoms with E-state index in [0.717, 1.165) is 23.9 Å². The number of halogens is 3. The van der Waals surface area contributed by atoms with Crippen molar-refractivity contribution in [2.75, 3.05) is 24.7 Å². The van der Waals surface area contributed by atoms with E-state index in [1.807, 2.05) is 0 Å². The summed E-state index contributed by atoms with van der Waals surface area (Å²) in [4.78, 5) is 25.5. The summed E-state index contributed by atoms with van der Waals surface area (Å²) < 4.78 is 38.8. The number of amides is 2. The lowest BCUT2D eigenvalue weighted by Gasteiger charge is -2.16. The Balaban J connectivity index is 1.81. The molecule has 0 aromatic heterocycles. The van der Waals surface area contributed by atoms with Gasteiger partial charge in [-0.25, -0.2) is 13.2 Å². The molecule has 132 valence electrons. The highest BCUT2D eigenvalue weighted by Gasteiger charge is 2.14. The molecular weight excluding hydrogens is 353 g/mol. The van der Waals surface area contributed by atoms with Gasteiger partial charge in [-0.05, 0) is 42.5 Å². The largest absolute Gasteiger partial charge is 0.336 e. The summed E-state index contributed by atoms with van der Waals surface area (Å²) in [5, 5.41) is 2.54. The molecule has 0 atom stereocenters. The van der Waals surface area contributed by atoms with E-state index in [1.165, 1.54) is 42.3 Å². The fourth-order valence-electron chi connectivity index (χ4n) is 1.86. The normalized spacial score (nSPS) is 10.4. The second kappa shape index (κ2) is 8.57. The number of hydrogen-bond donors (Lipinski definition) is 1. The standard InChI is InChI=1S/C17H15F3N2O2S/c1-22(9-16(23)21-12-4-2-11(18)3-5-12)17(24)10-25-13-6-7-14(19)15(20)8-13/h2-8H,9-10H2,1H3,(H,21,23). The first-order valence-electron chi connectivity index (χ1n) is 7.22. The summed E-state index contributed by atoms with van der Waals surface area (Å²) in [6.45, 7) is -0.186. The van der Waals surface area contributed by atoms with Crippen LogP contribution in [0.3, 0.4) is 0 Å². The topological polar surface area (TPSA) is 49.4 Å². The lowest BCUT2D eigenvalue weighted by molar-refractivity contribution is -0.131. The van der Waals surface area contributed by atoms with Crippen molar-refractivity contribution in [1.29, 1.82) is 0 Å². The van der Waals surface area contributed by atoms with Gasteiger partial charge in [0.1, 0.15) is 5.82 Å². The van der Waals surface area contributed by atoms with E-state index < -0.39 is 23.4 Å². The van der Waals surface area contributed by atoms with Crippen molar-refractivity contribution in [3.05, 3.63) is 59.9 Å². The van der Waals surface area contributed by atoms with Crippen LogP contribution in [-0.2, 0) is 9.59 Å². The number of likely N-dealkylation sites (N-methyl/N-ethyl adjacent to an activating group) is 1. The molecule has 8 heteroatoms. The second-order valence-electron chi connectivity index (χ2n) is 5.17. The van der Waals surface area contributed by atoms with Crippen LogP contribution < -0.4 is 5.32 Å². The van der Waals surface area contributed by atoms with Crippen LogP contribution in [0.25, 0.3) is 0 Å². The molecule has 0 bridgehead atoms. The van der Waals surface area contributed by atoms with Crippen molar-refractivity contribution >= 4 is 29.3 Å². The van der Waals surface area contributed by atoms with E-state index in [2.05, 4.69) is 5.32 Å². The van der Waals surface area contributed by atoms with Gasteiger partial charge in [0, 0.05) is 17.6 Å². The summed E-state index contributed by atoms with van der Waals surface area (Å²) in [5.41, 5.74) is 0.420. The van der Waals surface area contributed by atoms with Gasteiger partial charge in [-0.15, -0.1) is 11.8 Å². The number of thioether (sulfide) groups is 1. The fraction of sp³-hybridized carbons (Fsp3) is 0.176. The predicted molar refractivity (Wildman–Crippen MR) is 89.7 cm³/mol. The zero-order chi connectivity index (χ0) is 18.4. The number of hydrogen-bond acceptors (Lipinski definition) is 3. The molecule has 2 aromatic rings. The minimum Gasteiger partial charge on any atom is -0.336 e. The number of carbonyl (C=O) groups is 2. The summed E-state index contributed by atoms with van der Waals surface area (Å²) >= 11 is 1.04. The van der Waals surface area contributed by atoms with Crippen LogP contribution in [0.4, 0.5) is 18.9 Å². The molecule has 0 aliphatic carbocycles. The lowest BCUT2D eigenvalue weighted by Crippen LogP contribution is -2.35. The number of anilines is 1. The molecule has 2 amide bonds. The van der Waals surface area contributed by atoms with Crippen LogP contribution in [0.1, 0.15) is 0 Å². The molecule has 0 saturated heterocycles. The molecule has 0 spiro atoms. The number of carbonyl (C=O) groups excluding carboxylic acids is 2. The van der Waals surface area contributed by atoms with Crippen LogP contribution in [0.2, 0.25) is 0 Å². The average Bonchev–Trinajstić information content (AvgIpc) is 2.57. The molecule has 0 radical (unpaired) electrons. The SMILES string of the molecule is CN(CC(=O)Nc1ccc(F)cc1)C(=O)CSc1ccc(F)c(F)c1. The molecule has 2 aromatic carbocycles. The third kappa shape index (κ3) is 5.82. The molecule has 0 aliphatic heterocycles. The highest BCUT2D eigenvalue weighted by molar-refractivity contribution is 8.00. The fourth-order valence-corrected chi connectivity index (χ4v) is 2.72. The van der Waals surface area contributed by atoms with Crippen LogP contribution in [0.15, 0.2) is 47.4 Å². The molecule has 0 unspecified atom stereocenters. The van der Waals surface area contributed by atoms with Crippen LogP contribution in [0.5, 0.6) is 0 Å². The van der Waals surface area contributed by atoms with Gasteiger partial charge in [0.05, 0.1) is 12.3 Å². The van der Waals surface area contributed by atoms with Gasteiger partial charge in [-0.1, -0.05) is 0 Å². The van der Waals surface area contributed by atoms with Gasteiger partial charge in [0.15, 0.2) is 11.6 Å².